The van der Waals surface area contributed by atoms with Crippen molar-refractivity contribution in [3.05, 3.63) is 59.7 Å². The Balaban J connectivity index is 1.64. The first-order valence-electron chi connectivity index (χ1n) is 7.48. The number of alkyl halides is 1. The van der Waals surface area contributed by atoms with Gasteiger partial charge in [0.15, 0.2) is 0 Å². The molecule has 0 N–H and O–H groups in total. The fraction of sp³-hybridized carbons (Fsp3) is 0.333. The van der Waals surface area contributed by atoms with E-state index < -0.39 is 0 Å². The van der Waals surface area contributed by atoms with Crippen molar-refractivity contribution in [1.82, 2.24) is 0 Å². The number of benzene rings is 2. The zero-order valence-electron chi connectivity index (χ0n) is 12.4. The number of anilines is 2. The minimum atomic E-state index is 0.585. The van der Waals surface area contributed by atoms with E-state index in [1.165, 1.54) is 22.5 Å². The second-order valence-corrected chi connectivity index (χ2v) is 5.88. The monoisotopic (exact) mass is 300 g/mol. The lowest BCUT2D eigenvalue weighted by atomic mass is 10.1. The van der Waals surface area contributed by atoms with Crippen LogP contribution in [0.5, 0.6) is 0 Å². The van der Waals surface area contributed by atoms with Crippen molar-refractivity contribution in [3.63, 3.8) is 0 Å². The van der Waals surface area contributed by atoms with Crippen LogP contribution in [0.2, 0.25) is 0 Å². The Morgan fingerprint density at radius 2 is 1.48 bits per heavy atom. The standard InChI is InChI=1S/C18H21ClN2/c1-15-3-2-4-18(13-15)21-11-9-20(10-12-21)17-7-5-16(14-19)6-8-17/h2-8,13H,9-12,14H2,1H3. The van der Waals surface area contributed by atoms with E-state index in [9.17, 15) is 0 Å². The fourth-order valence-electron chi connectivity index (χ4n) is 2.84. The molecule has 2 aromatic carbocycles. The second kappa shape index (κ2) is 6.40. The number of nitrogens with zero attached hydrogens (tertiary/aromatic N) is 2. The van der Waals surface area contributed by atoms with Crippen LogP contribution in [0.25, 0.3) is 0 Å². The molecule has 3 heteroatoms. The summed E-state index contributed by atoms with van der Waals surface area (Å²) in [4.78, 5) is 4.92. The van der Waals surface area contributed by atoms with Crippen molar-refractivity contribution in [3.8, 4) is 0 Å². The highest BCUT2D eigenvalue weighted by Gasteiger charge is 2.17. The van der Waals surface area contributed by atoms with Gasteiger partial charge in [-0.1, -0.05) is 24.3 Å². The molecular weight excluding hydrogens is 280 g/mol. The third-order valence-electron chi connectivity index (χ3n) is 4.10. The summed E-state index contributed by atoms with van der Waals surface area (Å²) in [5, 5.41) is 0. The lowest BCUT2D eigenvalue weighted by molar-refractivity contribution is 0.653. The predicted molar refractivity (Wildman–Crippen MR) is 91.6 cm³/mol. The minimum Gasteiger partial charge on any atom is -0.368 e. The summed E-state index contributed by atoms with van der Waals surface area (Å²) >= 11 is 5.84. The molecule has 0 atom stereocenters. The number of piperazine rings is 1. The van der Waals surface area contributed by atoms with E-state index in [1.54, 1.807) is 0 Å². The summed E-state index contributed by atoms with van der Waals surface area (Å²) in [5.41, 5.74) is 5.14. The van der Waals surface area contributed by atoms with Crippen molar-refractivity contribution >= 4 is 23.0 Å². The van der Waals surface area contributed by atoms with Crippen molar-refractivity contribution in [2.24, 2.45) is 0 Å². The summed E-state index contributed by atoms with van der Waals surface area (Å²) in [6.07, 6.45) is 0. The van der Waals surface area contributed by atoms with Gasteiger partial charge in [0.05, 0.1) is 0 Å². The van der Waals surface area contributed by atoms with E-state index in [4.69, 9.17) is 11.6 Å². The van der Waals surface area contributed by atoms with Crippen molar-refractivity contribution in [2.75, 3.05) is 36.0 Å². The molecule has 0 unspecified atom stereocenters. The molecule has 0 radical (unpaired) electrons. The normalized spacial score (nSPS) is 15.3. The number of hydrogen-bond acceptors (Lipinski definition) is 2. The first-order valence-corrected chi connectivity index (χ1v) is 8.01. The third-order valence-corrected chi connectivity index (χ3v) is 4.41. The van der Waals surface area contributed by atoms with Gasteiger partial charge in [-0.05, 0) is 42.3 Å². The maximum atomic E-state index is 5.84. The largest absolute Gasteiger partial charge is 0.368 e. The molecule has 21 heavy (non-hydrogen) atoms. The molecule has 1 fully saturated rings. The Labute approximate surface area is 131 Å². The van der Waals surface area contributed by atoms with Crippen molar-refractivity contribution in [2.45, 2.75) is 12.8 Å². The maximum absolute atomic E-state index is 5.84. The van der Waals surface area contributed by atoms with E-state index in [0.29, 0.717) is 5.88 Å². The van der Waals surface area contributed by atoms with Crippen LogP contribution in [0.15, 0.2) is 48.5 Å². The molecule has 2 nitrogen and oxygen atoms in total. The average Bonchev–Trinajstić information content (AvgIpc) is 2.55. The van der Waals surface area contributed by atoms with Crippen LogP contribution >= 0.6 is 11.6 Å². The molecular formula is C18H21ClN2. The number of aryl methyl sites for hydroxylation is 1. The zero-order chi connectivity index (χ0) is 14.7. The van der Waals surface area contributed by atoms with Gasteiger partial charge >= 0.3 is 0 Å². The Bertz CT molecular complexity index is 586. The molecule has 3 rings (SSSR count). The molecule has 0 aliphatic carbocycles. The van der Waals surface area contributed by atoms with Crippen LogP contribution in [0, 0.1) is 6.92 Å². The molecule has 1 aliphatic heterocycles. The van der Waals surface area contributed by atoms with Crippen LogP contribution in [0.3, 0.4) is 0 Å². The van der Waals surface area contributed by atoms with Crippen LogP contribution in [0.1, 0.15) is 11.1 Å². The topological polar surface area (TPSA) is 6.48 Å². The summed E-state index contributed by atoms with van der Waals surface area (Å²) in [6.45, 7) is 6.42. The number of hydrogen-bond donors (Lipinski definition) is 0. The molecule has 1 aliphatic rings. The van der Waals surface area contributed by atoms with E-state index in [2.05, 4.69) is 65.3 Å². The summed E-state index contributed by atoms with van der Waals surface area (Å²) in [6, 6.07) is 17.4. The van der Waals surface area contributed by atoms with Crippen molar-refractivity contribution in [1.29, 1.82) is 0 Å². The van der Waals surface area contributed by atoms with Gasteiger partial charge in [-0.3, -0.25) is 0 Å². The van der Waals surface area contributed by atoms with Crippen LogP contribution in [0.4, 0.5) is 11.4 Å². The molecule has 1 heterocycles. The summed E-state index contributed by atoms with van der Waals surface area (Å²) in [5.74, 6) is 0.585. The highest BCUT2D eigenvalue weighted by Crippen LogP contribution is 2.22. The van der Waals surface area contributed by atoms with Crippen LogP contribution in [-0.4, -0.2) is 26.2 Å². The third kappa shape index (κ3) is 3.33. The van der Waals surface area contributed by atoms with Crippen LogP contribution < -0.4 is 9.80 Å². The molecule has 0 amide bonds. The second-order valence-electron chi connectivity index (χ2n) is 5.61. The maximum Gasteiger partial charge on any atom is 0.0474 e. The zero-order valence-corrected chi connectivity index (χ0v) is 13.2. The van der Waals surface area contributed by atoms with Gasteiger partial charge in [-0.25, -0.2) is 0 Å². The quantitative estimate of drug-likeness (QED) is 0.789. The highest BCUT2D eigenvalue weighted by molar-refractivity contribution is 6.17. The van der Waals surface area contributed by atoms with Gasteiger partial charge < -0.3 is 9.80 Å². The lowest BCUT2D eigenvalue weighted by Gasteiger charge is -2.37. The van der Waals surface area contributed by atoms with Gasteiger partial charge in [-0.15, -0.1) is 11.6 Å². The molecule has 0 saturated carbocycles. The predicted octanol–water partition coefficient (Wildman–Crippen LogP) is 4.06. The van der Waals surface area contributed by atoms with Gasteiger partial charge in [0.25, 0.3) is 0 Å². The number of rotatable bonds is 3. The van der Waals surface area contributed by atoms with Gasteiger partial charge in [-0.2, -0.15) is 0 Å². The molecule has 2 aromatic rings. The molecule has 0 spiro atoms. The first kappa shape index (κ1) is 14.3. The SMILES string of the molecule is Cc1cccc(N2CCN(c3ccc(CCl)cc3)CC2)c1. The number of halogens is 1. The summed E-state index contributed by atoms with van der Waals surface area (Å²) < 4.78 is 0. The Morgan fingerprint density at radius 3 is 2.05 bits per heavy atom. The molecule has 1 saturated heterocycles. The smallest absolute Gasteiger partial charge is 0.0474 e. The minimum absolute atomic E-state index is 0.585. The molecule has 0 aromatic heterocycles. The Hall–Kier alpha value is -1.67. The fourth-order valence-corrected chi connectivity index (χ4v) is 3.02. The van der Waals surface area contributed by atoms with Crippen molar-refractivity contribution < 1.29 is 0 Å². The highest BCUT2D eigenvalue weighted by atomic mass is 35.5. The first-order chi connectivity index (χ1) is 10.3. The van der Waals surface area contributed by atoms with Gasteiger partial charge in [0, 0.05) is 43.4 Å². The van der Waals surface area contributed by atoms with Gasteiger partial charge in [0.2, 0.25) is 0 Å². The Kier molecular flexibility index (Phi) is 4.35. The lowest BCUT2D eigenvalue weighted by Crippen LogP contribution is -2.46. The van der Waals surface area contributed by atoms with Crippen LogP contribution in [-0.2, 0) is 5.88 Å². The van der Waals surface area contributed by atoms with E-state index >= 15 is 0 Å². The van der Waals surface area contributed by atoms with E-state index in [-0.39, 0.29) is 0 Å². The average molecular weight is 301 g/mol. The molecule has 0 bridgehead atoms. The van der Waals surface area contributed by atoms with E-state index in [0.717, 1.165) is 26.2 Å². The Morgan fingerprint density at radius 1 is 0.857 bits per heavy atom. The molecule has 110 valence electrons. The van der Waals surface area contributed by atoms with Gasteiger partial charge in [0.1, 0.15) is 0 Å². The summed E-state index contributed by atoms with van der Waals surface area (Å²) in [7, 11) is 0. The van der Waals surface area contributed by atoms with E-state index in [1.807, 2.05) is 0 Å².